The van der Waals surface area contributed by atoms with Gasteiger partial charge >= 0.3 is 0 Å². The quantitative estimate of drug-likeness (QED) is 0.497. The van der Waals surface area contributed by atoms with Crippen LogP contribution in [0.5, 0.6) is 0 Å². The number of amides is 1. The summed E-state index contributed by atoms with van der Waals surface area (Å²) in [5.41, 5.74) is 3.75. The van der Waals surface area contributed by atoms with Crippen molar-refractivity contribution in [3.05, 3.63) is 45.4 Å². The molecule has 2 aromatic heterocycles. The maximum atomic E-state index is 12.2. The minimum atomic E-state index is -0.191. The fourth-order valence-electron chi connectivity index (χ4n) is 2.65. The predicted molar refractivity (Wildman–Crippen MR) is 107 cm³/mol. The molecule has 136 valence electrons. The normalized spacial score (nSPS) is 11.0. The van der Waals surface area contributed by atoms with Crippen LogP contribution in [0.3, 0.4) is 0 Å². The third-order valence-electron chi connectivity index (χ3n) is 3.70. The van der Waals surface area contributed by atoms with E-state index in [1.165, 1.54) is 34.7 Å². The number of rotatable bonds is 6. The van der Waals surface area contributed by atoms with E-state index in [0.717, 1.165) is 34.3 Å². The summed E-state index contributed by atoms with van der Waals surface area (Å²) in [5.74, 6) is -0.0149. The van der Waals surface area contributed by atoms with Crippen LogP contribution in [-0.2, 0) is 11.2 Å². The van der Waals surface area contributed by atoms with Gasteiger partial charge in [0, 0.05) is 11.8 Å². The van der Waals surface area contributed by atoms with Crippen molar-refractivity contribution in [1.82, 2.24) is 15.0 Å². The number of anilines is 1. The summed E-state index contributed by atoms with van der Waals surface area (Å²) in [5, 5.41) is 3.88. The maximum Gasteiger partial charge on any atom is 0.251 e. The average molecular weight is 389 g/mol. The van der Waals surface area contributed by atoms with E-state index in [0.29, 0.717) is 10.3 Å². The van der Waals surface area contributed by atoms with Crippen molar-refractivity contribution in [2.45, 2.75) is 38.8 Å². The molecular weight excluding hydrogens is 368 g/mol. The molecule has 0 aliphatic rings. The summed E-state index contributed by atoms with van der Waals surface area (Å²) in [6.45, 7) is 6.09. The number of aromatic amines is 1. The highest BCUT2D eigenvalue weighted by atomic mass is 32.2. The third kappa shape index (κ3) is 4.50. The highest BCUT2D eigenvalue weighted by Gasteiger charge is 2.11. The van der Waals surface area contributed by atoms with Crippen LogP contribution in [0.2, 0.25) is 0 Å². The molecule has 0 radical (unpaired) electrons. The van der Waals surface area contributed by atoms with E-state index in [1.54, 1.807) is 0 Å². The molecule has 3 rings (SSSR count). The number of benzene rings is 1. The number of nitrogens with one attached hydrogen (secondary N) is 2. The molecular formula is C18H20N4O2S2. The summed E-state index contributed by atoms with van der Waals surface area (Å²) >= 11 is 2.67. The molecule has 0 unspecified atom stereocenters. The lowest BCUT2D eigenvalue weighted by atomic mass is 10.1. The number of aromatic nitrogens is 3. The van der Waals surface area contributed by atoms with Gasteiger partial charge in [-0.25, -0.2) is 9.97 Å². The zero-order chi connectivity index (χ0) is 18.7. The van der Waals surface area contributed by atoms with Gasteiger partial charge in [0.1, 0.15) is 0 Å². The number of carbonyl (C=O) groups excluding carboxylic acids is 1. The van der Waals surface area contributed by atoms with Crippen molar-refractivity contribution in [3.8, 4) is 0 Å². The average Bonchev–Trinajstić information content (AvgIpc) is 2.95. The smallest absolute Gasteiger partial charge is 0.251 e. The lowest BCUT2D eigenvalue weighted by Crippen LogP contribution is -2.15. The number of fused-ring (bicyclic) bond motifs is 1. The predicted octanol–water partition coefficient (Wildman–Crippen LogP) is 3.68. The van der Waals surface area contributed by atoms with Gasteiger partial charge in [-0.3, -0.25) is 9.59 Å². The van der Waals surface area contributed by atoms with Gasteiger partial charge in [-0.1, -0.05) is 42.5 Å². The van der Waals surface area contributed by atoms with E-state index in [-0.39, 0.29) is 17.2 Å². The monoisotopic (exact) mass is 388 g/mol. The molecule has 0 aliphatic heterocycles. The SMILES string of the molecule is CCCc1cc(=O)[nH]c(SCC(=O)Nc2nc3c(C)cc(C)cc3s2)n1. The Kier molecular flexibility index (Phi) is 5.73. The molecule has 0 saturated carbocycles. The second-order valence-corrected chi connectivity index (χ2v) is 8.07. The van der Waals surface area contributed by atoms with Gasteiger partial charge in [0.15, 0.2) is 10.3 Å². The minimum absolute atomic E-state index is 0.159. The largest absolute Gasteiger partial charge is 0.301 e. The first-order valence-electron chi connectivity index (χ1n) is 8.35. The van der Waals surface area contributed by atoms with E-state index in [2.05, 4.69) is 32.4 Å². The number of hydrogen-bond donors (Lipinski definition) is 2. The van der Waals surface area contributed by atoms with Gasteiger partial charge in [-0.2, -0.15) is 0 Å². The number of aryl methyl sites for hydroxylation is 3. The van der Waals surface area contributed by atoms with Crippen molar-refractivity contribution < 1.29 is 4.79 Å². The third-order valence-corrected chi connectivity index (χ3v) is 5.49. The summed E-state index contributed by atoms with van der Waals surface area (Å²) in [7, 11) is 0. The van der Waals surface area contributed by atoms with E-state index in [1.807, 2.05) is 20.8 Å². The Morgan fingerprint density at radius 2 is 2.08 bits per heavy atom. The second kappa shape index (κ2) is 8.01. The van der Waals surface area contributed by atoms with Crippen molar-refractivity contribution in [1.29, 1.82) is 0 Å². The molecule has 26 heavy (non-hydrogen) atoms. The number of hydrogen-bond acceptors (Lipinski definition) is 6. The zero-order valence-electron chi connectivity index (χ0n) is 14.9. The molecule has 8 heteroatoms. The van der Waals surface area contributed by atoms with Crippen LogP contribution >= 0.6 is 23.1 Å². The van der Waals surface area contributed by atoms with Crippen molar-refractivity contribution in [3.63, 3.8) is 0 Å². The molecule has 6 nitrogen and oxygen atoms in total. The molecule has 3 aromatic rings. The van der Waals surface area contributed by atoms with Crippen molar-refractivity contribution >= 4 is 44.4 Å². The lowest BCUT2D eigenvalue weighted by molar-refractivity contribution is -0.113. The molecule has 0 fully saturated rings. The molecule has 0 saturated heterocycles. The Morgan fingerprint density at radius 3 is 2.85 bits per heavy atom. The molecule has 1 amide bonds. The van der Waals surface area contributed by atoms with Gasteiger partial charge in [-0.15, -0.1) is 0 Å². The Morgan fingerprint density at radius 1 is 1.27 bits per heavy atom. The first-order valence-corrected chi connectivity index (χ1v) is 10.2. The highest BCUT2D eigenvalue weighted by Crippen LogP contribution is 2.29. The Labute approximate surface area is 159 Å². The van der Waals surface area contributed by atoms with Crippen LogP contribution in [0, 0.1) is 13.8 Å². The summed E-state index contributed by atoms with van der Waals surface area (Å²) in [6, 6.07) is 5.65. The number of nitrogens with zero attached hydrogens (tertiary/aromatic N) is 2. The minimum Gasteiger partial charge on any atom is -0.301 e. The highest BCUT2D eigenvalue weighted by molar-refractivity contribution is 7.99. The van der Waals surface area contributed by atoms with Crippen LogP contribution in [0.4, 0.5) is 5.13 Å². The number of thioether (sulfide) groups is 1. The molecule has 2 N–H and O–H groups in total. The van der Waals surface area contributed by atoms with Crippen molar-refractivity contribution in [2.24, 2.45) is 0 Å². The van der Waals surface area contributed by atoms with Crippen LogP contribution in [0.25, 0.3) is 10.2 Å². The van der Waals surface area contributed by atoms with Crippen LogP contribution in [0.15, 0.2) is 28.2 Å². The topological polar surface area (TPSA) is 87.7 Å². The second-order valence-electron chi connectivity index (χ2n) is 6.08. The van der Waals surface area contributed by atoms with Crippen molar-refractivity contribution in [2.75, 3.05) is 11.1 Å². The van der Waals surface area contributed by atoms with Crippen LogP contribution < -0.4 is 10.9 Å². The standard InChI is InChI=1S/C18H20N4O2S2/c1-4-5-12-8-14(23)20-17(19-12)25-9-15(24)21-18-22-16-11(3)6-10(2)7-13(16)26-18/h6-8H,4-5,9H2,1-3H3,(H,19,20,23)(H,21,22,24). The molecule has 0 aliphatic carbocycles. The molecule has 0 bridgehead atoms. The molecule has 2 heterocycles. The number of thiazole rings is 1. The van der Waals surface area contributed by atoms with Gasteiger partial charge in [-0.05, 0) is 37.5 Å². The van der Waals surface area contributed by atoms with Gasteiger partial charge < -0.3 is 10.3 Å². The first-order chi connectivity index (χ1) is 12.4. The molecule has 1 aromatic carbocycles. The number of H-pyrrole nitrogens is 1. The van der Waals surface area contributed by atoms with Crippen LogP contribution in [0.1, 0.15) is 30.2 Å². The van der Waals surface area contributed by atoms with E-state index in [9.17, 15) is 9.59 Å². The lowest BCUT2D eigenvalue weighted by Gasteiger charge is -2.03. The van der Waals surface area contributed by atoms with E-state index < -0.39 is 0 Å². The summed E-state index contributed by atoms with van der Waals surface area (Å²) in [6.07, 6.45) is 1.66. The fourth-order valence-corrected chi connectivity index (χ4v) is 4.40. The van der Waals surface area contributed by atoms with Gasteiger partial charge in [0.05, 0.1) is 16.0 Å². The molecule has 0 spiro atoms. The maximum absolute atomic E-state index is 12.2. The van der Waals surface area contributed by atoms with Gasteiger partial charge in [0.25, 0.3) is 5.56 Å². The van der Waals surface area contributed by atoms with E-state index >= 15 is 0 Å². The van der Waals surface area contributed by atoms with Gasteiger partial charge in [0.2, 0.25) is 5.91 Å². The Hall–Kier alpha value is -2.19. The van der Waals surface area contributed by atoms with Crippen LogP contribution in [-0.4, -0.2) is 26.6 Å². The Balaban J connectivity index is 1.66. The zero-order valence-corrected chi connectivity index (χ0v) is 16.5. The molecule has 0 atom stereocenters. The summed E-state index contributed by atoms with van der Waals surface area (Å²) < 4.78 is 1.06. The fraction of sp³-hybridized carbons (Fsp3) is 0.333. The first kappa shape index (κ1) is 18.6. The Bertz CT molecular complexity index is 1010. The van der Waals surface area contributed by atoms with E-state index in [4.69, 9.17) is 0 Å². The number of carbonyl (C=O) groups is 1. The summed E-state index contributed by atoms with van der Waals surface area (Å²) in [4.78, 5) is 35.4.